The summed E-state index contributed by atoms with van der Waals surface area (Å²) in [6, 6.07) is 13.5. The van der Waals surface area contributed by atoms with E-state index in [1.165, 1.54) is 6.92 Å². The first-order valence-corrected chi connectivity index (χ1v) is 7.16. The highest BCUT2D eigenvalue weighted by atomic mass is 16.3. The van der Waals surface area contributed by atoms with E-state index in [1.807, 2.05) is 56.3 Å². The molecule has 0 atom stereocenters. The molecule has 3 rings (SSSR count). The molecule has 0 aliphatic rings. The maximum absolute atomic E-state index is 9.70. The third kappa shape index (κ3) is 5.01. The van der Waals surface area contributed by atoms with Gasteiger partial charge in [0.25, 0.3) is 0 Å². The molecule has 0 aliphatic heterocycles. The Kier molecular flexibility index (Phi) is 7.33. The average Bonchev–Trinajstić information content (AvgIpc) is 3.02. The van der Waals surface area contributed by atoms with Gasteiger partial charge < -0.3 is 9.73 Å². The van der Waals surface area contributed by atoms with Gasteiger partial charge in [0.2, 0.25) is 11.8 Å². The van der Waals surface area contributed by atoms with Crippen LogP contribution >= 0.6 is 0 Å². The number of carbonyl (C=O) groups excluding carboxylic acids is 1. The van der Waals surface area contributed by atoms with E-state index in [4.69, 9.17) is 4.42 Å². The van der Waals surface area contributed by atoms with Crippen molar-refractivity contribution in [2.45, 2.75) is 20.8 Å². The van der Waals surface area contributed by atoms with E-state index < -0.39 is 0 Å². The quantitative estimate of drug-likeness (QED) is 0.744. The lowest BCUT2D eigenvalue weighted by Gasteiger charge is -1.91. The van der Waals surface area contributed by atoms with Crippen molar-refractivity contribution < 1.29 is 9.21 Å². The molecule has 0 spiro atoms. The van der Waals surface area contributed by atoms with Gasteiger partial charge in [-0.3, -0.25) is 4.79 Å². The van der Waals surface area contributed by atoms with Crippen molar-refractivity contribution in [1.29, 1.82) is 0 Å². The predicted octanol–water partition coefficient (Wildman–Crippen LogP) is 3.67. The van der Waals surface area contributed by atoms with Crippen molar-refractivity contribution in [1.82, 2.24) is 15.3 Å². The lowest BCUT2D eigenvalue weighted by molar-refractivity contribution is -0.118. The van der Waals surface area contributed by atoms with Crippen LogP contribution < -0.4 is 5.32 Å². The molecule has 3 aromatic rings. The number of fused-ring (bicyclic) bond motifs is 1. The number of hydrogen-bond acceptors (Lipinski definition) is 4. The summed E-state index contributed by atoms with van der Waals surface area (Å²) < 4.78 is 5.58. The van der Waals surface area contributed by atoms with E-state index >= 15 is 0 Å². The molecule has 0 aliphatic carbocycles. The molecule has 0 saturated carbocycles. The summed E-state index contributed by atoms with van der Waals surface area (Å²) in [7, 11) is 1.60. The molecule has 5 nitrogen and oxygen atoms in total. The van der Waals surface area contributed by atoms with Crippen LogP contribution in [0.4, 0.5) is 0 Å². The van der Waals surface area contributed by atoms with E-state index in [2.05, 4.69) is 15.3 Å². The Morgan fingerprint density at radius 3 is 2.27 bits per heavy atom. The first kappa shape index (κ1) is 17.4. The summed E-state index contributed by atoms with van der Waals surface area (Å²) in [5.74, 6) is 0.620. The molecule has 0 unspecified atom stereocenters. The molecule has 0 bridgehead atoms. The zero-order valence-corrected chi connectivity index (χ0v) is 13.3. The van der Waals surface area contributed by atoms with Crippen molar-refractivity contribution in [3.8, 4) is 11.5 Å². The maximum Gasteiger partial charge on any atom is 0.228 e. The van der Waals surface area contributed by atoms with Gasteiger partial charge in [0.1, 0.15) is 0 Å². The number of nitrogens with one attached hydrogen (secondary N) is 1. The van der Waals surface area contributed by atoms with Gasteiger partial charge in [0, 0.05) is 25.7 Å². The smallest absolute Gasteiger partial charge is 0.228 e. The number of amides is 1. The van der Waals surface area contributed by atoms with Crippen LogP contribution in [0.2, 0.25) is 0 Å². The predicted molar refractivity (Wildman–Crippen MR) is 88.3 cm³/mol. The van der Waals surface area contributed by atoms with E-state index in [0.29, 0.717) is 11.5 Å². The minimum absolute atomic E-state index is 0.00463. The van der Waals surface area contributed by atoms with Crippen LogP contribution in [0, 0.1) is 0 Å². The molecule has 1 amide bonds. The zero-order valence-electron chi connectivity index (χ0n) is 13.3. The van der Waals surface area contributed by atoms with Crippen molar-refractivity contribution >= 4 is 17.1 Å². The first-order chi connectivity index (χ1) is 10.7. The monoisotopic (exact) mass is 299 g/mol. The number of hydrogen-bond donors (Lipinski definition) is 1. The Hall–Kier alpha value is -2.69. The van der Waals surface area contributed by atoms with Crippen LogP contribution in [-0.4, -0.2) is 22.9 Å². The summed E-state index contributed by atoms with van der Waals surface area (Å²) in [5, 5.41) is 2.39. The molecular formula is C17H21N3O2. The molecule has 0 radical (unpaired) electrons. The Morgan fingerprint density at radius 2 is 1.73 bits per heavy atom. The molecule has 0 fully saturated rings. The lowest BCUT2D eigenvalue weighted by Crippen LogP contribution is -2.11. The fourth-order valence-corrected chi connectivity index (χ4v) is 1.47. The van der Waals surface area contributed by atoms with Gasteiger partial charge in [-0.15, -0.1) is 0 Å². The number of oxazole rings is 1. The van der Waals surface area contributed by atoms with Crippen LogP contribution in [-0.2, 0) is 4.79 Å². The van der Waals surface area contributed by atoms with Crippen molar-refractivity contribution in [3.63, 3.8) is 0 Å². The van der Waals surface area contributed by atoms with Crippen LogP contribution in [0.1, 0.15) is 20.8 Å². The topological polar surface area (TPSA) is 68.0 Å². The second-order valence-electron chi connectivity index (χ2n) is 4.02. The molecule has 116 valence electrons. The third-order valence-electron chi connectivity index (χ3n) is 2.54. The Bertz CT molecular complexity index is 660. The number of carbonyl (C=O) groups is 1. The maximum atomic E-state index is 9.70. The molecule has 5 heteroatoms. The fourth-order valence-electron chi connectivity index (χ4n) is 1.47. The average molecular weight is 299 g/mol. The van der Waals surface area contributed by atoms with Crippen molar-refractivity contribution in [2.24, 2.45) is 0 Å². The summed E-state index contributed by atoms with van der Waals surface area (Å²) in [6.45, 7) is 5.47. The Labute approximate surface area is 130 Å². The highest BCUT2D eigenvalue weighted by Gasteiger charge is 2.06. The summed E-state index contributed by atoms with van der Waals surface area (Å²) in [5.41, 5.74) is 2.34. The van der Waals surface area contributed by atoms with Gasteiger partial charge in [0.15, 0.2) is 11.2 Å². The molecule has 22 heavy (non-hydrogen) atoms. The molecule has 2 aromatic heterocycles. The minimum atomic E-state index is 0.00463. The lowest BCUT2D eigenvalue weighted by atomic mass is 10.2. The molecule has 1 N–H and O–H groups in total. The SMILES string of the molecule is CC.CNC(C)=O.c1ccc(-c2nc3ncccc3o2)cc1. The Balaban J connectivity index is 0.000000299. The number of pyridine rings is 1. The van der Waals surface area contributed by atoms with Crippen LogP contribution in [0.5, 0.6) is 0 Å². The second-order valence-corrected chi connectivity index (χ2v) is 4.02. The standard InChI is InChI=1S/C12H8N2O.C3H7NO.C2H6/c1-2-5-9(6-3-1)12-14-11-10(15-12)7-4-8-13-11;1-3(5)4-2;1-2/h1-8H;1-2H3,(H,4,5);1-2H3. The van der Waals surface area contributed by atoms with E-state index in [-0.39, 0.29) is 5.91 Å². The number of benzene rings is 1. The minimum Gasteiger partial charge on any atom is -0.434 e. The van der Waals surface area contributed by atoms with Crippen molar-refractivity contribution in [2.75, 3.05) is 7.05 Å². The number of aromatic nitrogens is 2. The zero-order chi connectivity index (χ0) is 16.4. The van der Waals surface area contributed by atoms with Gasteiger partial charge in [-0.1, -0.05) is 32.0 Å². The number of nitrogens with zero attached hydrogens (tertiary/aromatic N) is 2. The summed E-state index contributed by atoms with van der Waals surface area (Å²) in [6.07, 6.45) is 1.71. The summed E-state index contributed by atoms with van der Waals surface area (Å²) in [4.78, 5) is 18.1. The van der Waals surface area contributed by atoms with Gasteiger partial charge in [-0.05, 0) is 24.3 Å². The molecule has 2 heterocycles. The largest absolute Gasteiger partial charge is 0.434 e. The molecular weight excluding hydrogens is 278 g/mol. The van der Waals surface area contributed by atoms with Crippen LogP contribution in [0.3, 0.4) is 0 Å². The van der Waals surface area contributed by atoms with E-state index in [1.54, 1.807) is 13.2 Å². The van der Waals surface area contributed by atoms with E-state index in [9.17, 15) is 4.79 Å². The van der Waals surface area contributed by atoms with Gasteiger partial charge in [0.05, 0.1) is 0 Å². The normalized spacial score (nSPS) is 9.09. The fraction of sp³-hybridized carbons (Fsp3) is 0.235. The van der Waals surface area contributed by atoms with Crippen molar-refractivity contribution in [3.05, 3.63) is 48.7 Å². The van der Waals surface area contributed by atoms with Gasteiger partial charge in [-0.25, -0.2) is 4.98 Å². The number of rotatable bonds is 1. The van der Waals surface area contributed by atoms with Gasteiger partial charge in [-0.2, -0.15) is 4.98 Å². The second kappa shape index (κ2) is 9.28. The third-order valence-corrected chi connectivity index (χ3v) is 2.54. The highest BCUT2D eigenvalue weighted by molar-refractivity contribution is 5.72. The Morgan fingerprint density at radius 1 is 1.09 bits per heavy atom. The van der Waals surface area contributed by atoms with Gasteiger partial charge >= 0.3 is 0 Å². The summed E-state index contributed by atoms with van der Waals surface area (Å²) >= 11 is 0. The first-order valence-electron chi connectivity index (χ1n) is 7.16. The molecule has 1 aromatic carbocycles. The van der Waals surface area contributed by atoms with Crippen LogP contribution in [0.15, 0.2) is 53.1 Å². The van der Waals surface area contributed by atoms with Crippen LogP contribution in [0.25, 0.3) is 22.7 Å². The highest BCUT2D eigenvalue weighted by Crippen LogP contribution is 2.22. The molecule has 0 saturated heterocycles. The van der Waals surface area contributed by atoms with E-state index in [0.717, 1.165) is 11.1 Å².